The number of hydrogen-bond acceptors (Lipinski definition) is 2. The Balaban J connectivity index is 1.57. The minimum atomic E-state index is -0.467. The van der Waals surface area contributed by atoms with E-state index in [2.05, 4.69) is 41.7 Å². The van der Waals surface area contributed by atoms with Crippen molar-refractivity contribution in [2.75, 3.05) is 6.54 Å². The summed E-state index contributed by atoms with van der Waals surface area (Å²) in [6, 6.07) is 30.4. The Kier molecular flexibility index (Phi) is 9.93. The molecule has 3 aromatic carbocycles. The largest absolute Gasteiger partial charge is 0.352 e. The Bertz CT molecular complexity index is 1060. The first-order valence-corrected chi connectivity index (χ1v) is 13.9. The van der Waals surface area contributed by atoms with Gasteiger partial charge in [-0.05, 0) is 42.4 Å². The number of nitrogens with zero attached hydrogens (tertiary/aromatic N) is 1. The molecule has 0 radical (unpaired) electrons. The van der Waals surface area contributed by atoms with Crippen molar-refractivity contribution < 1.29 is 9.59 Å². The fraction of sp³-hybridized carbons (Fsp3) is 0.394. The lowest BCUT2D eigenvalue weighted by Crippen LogP contribution is -2.52. The Labute approximate surface area is 222 Å². The number of amides is 2. The van der Waals surface area contributed by atoms with Gasteiger partial charge in [0.05, 0.1) is 0 Å². The predicted molar refractivity (Wildman–Crippen MR) is 150 cm³/mol. The van der Waals surface area contributed by atoms with Gasteiger partial charge in [0.1, 0.15) is 6.04 Å². The molecule has 0 heterocycles. The molecule has 2 amide bonds. The van der Waals surface area contributed by atoms with E-state index in [0.717, 1.165) is 43.2 Å². The van der Waals surface area contributed by atoms with E-state index in [4.69, 9.17) is 0 Å². The van der Waals surface area contributed by atoms with Gasteiger partial charge in [0.25, 0.3) is 0 Å². The molecule has 1 aliphatic carbocycles. The Morgan fingerprint density at radius 1 is 0.811 bits per heavy atom. The lowest BCUT2D eigenvalue weighted by molar-refractivity contribution is -0.141. The van der Waals surface area contributed by atoms with Gasteiger partial charge in [-0.15, -0.1) is 0 Å². The highest BCUT2D eigenvalue weighted by molar-refractivity contribution is 5.88. The van der Waals surface area contributed by atoms with Gasteiger partial charge in [-0.25, -0.2) is 0 Å². The molecule has 0 aliphatic heterocycles. The van der Waals surface area contributed by atoms with Crippen molar-refractivity contribution in [1.82, 2.24) is 10.2 Å². The third-order valence-corrected chi connectivity index (χ3v) is 7.60. The fourth-order valence-electron chi connectivity index (χ4n) is 5.53. The highest BCUT2D eigenvalue weighted by Crippen LogP contribution is 2.29. The van der Waals surface area contributed by atoms with Gasteiger partial charge in [-0.3, -0.25) is 9.59 Å². The van der Waals surface area contributed by atoms with Gasteiger partial charge in [0.15, 0.2) is 0 Å². The molecular formula is C33H40N2O2. The summed E-state index contributed by atoms with van der Waals surface area (Å²) < 4.78 is 0. The highest BCUT2D eigenvalue weighted by atomic mass is 16.2. The molecule has 0 aromatic heterocycles. The molecule has 3 aromatic rings. The molecule has 194 valence electrons. The molecule has 1 aliphatic rings. The van der Waals surface area contributed by atoms with Gasteiger partial charge >= 0.3 is 0 Å². The van der Waals surface area contributed by atoms with Crippen LogP contribution in [0.3, 0.4) is 0 Å². The lowest BCUT2D eigenvalue weighted by Gasteiger charge is -2.34. The summed E-state index contributed by atoms with van der Waals surface area (Å²) in [7, 11) is 0. The summed E-state index contributed by atoms with van der Waals surface area (Å²) in [5.74, 6) is -0.0425. The number of carbonyl (C=O) groups is 2. The minimum absolute atomic E-state index is 0.00761. The van der Waals surface area contributed by atoms with Gasteiger partial charge < -0.3 is 10.2 Å². The second kappa shape index (κ2) is 13.8. The van der Waals surface area contributed by atoms with Gasteiger partial charge in [-0.2, -0.15) is 0 Å². The summed E-state index contributed by atoms with van der Waals surface area (Å²) in [5, 5.41) is 3.29. The number of nitrogens with one attached hydrogen (secondary N) is 1. The van der Waals surface area contributed by atoms with Crippen LogP contribution in [-0.4, -0.2) is 35.3 Å². The topological polar surface area (TPSA) is 49.4 Å². The van der Waals surface area contributed by atoms with E-state index in [1.165, 1.54) is 12.0 Å². The van der Waals surface area contributed by atoms with Crippen molar-refractivity contribution in [2.24, 2.45) is 0 Å². The average Bonchev–Trinajstić information content (AvgIpc) is 2.95. The second-order valence-corrected chi connectivity index (χ2v) is 10.2. The quantitative estimate of drug-likeness (QED) is 0.329. The molecule has 1 unspecified atom stereocenters. The van der Waals surface area contributed by atoms with Crippen molar-refractivity contribution >= 4 is 11.8 Å². The average molecular weight is 497 g/mol. The SMILES string of the molecule is CCC(C(=O)NC1CCCCC1)N(CCc1ccccc1)C(=O)CC(c1ccccc1)c1ccccc1. The van der Waals surface area contributed by atoms with Crippen molar-refractivity contribution in [3.63, 3.8) is 0 Å². The van der Waals surface area contributed by atoms with Crippen LogP contribution in [0.5, 0.6) is 0 Å². The van der Waals surface area contributed by atoms with Crippen LogP contribution in [0, 0.1) is 0 Å². The molecule has 0 bridgehead atoms. The third-order valence-electron chi connectivity index (χ3n) is 7.60. The highest BCUT2D eigenvalue weighted by Gasteiger charge is 2.31. The van der Waals surface area contributed by atoms with E-state index in [1.54, 1.807) is 0 Å². The van der Waals surface area contributed by atoms with E-state index in [1.807, 2.05) is 66.4 Å². The number of rotatable bonds is 11. The molecule has 1 saturated carbocycles. The molecule has 4 nitrogen and oxygen atoms in total. The summed E-state index contributed by atoms with van der Waals surface area (Å²) in [5.41, 5.74) is 3.40. The maximum atomic E-state index is 14.1. The van der Waals surface area contributed by atoms with Gasteiger partial charge in [-0.1, -0.05) is 117 Å². The molecule has 1 N–H and O–H groups in total. The van der Waals surface area contributed by atoms with Crippen LogP contribution in [-0.2, 0) is 16.0 Å². The Morgan fingerprint density at radius 2 is 1.35 bits per heavy atom. The zero-order valence-corrected chi connectivity index (χ0v) is 22.0. The van der Waals surface area contributed by atoms with Crippen LogP contribution in [0.25, 0.3) is 0 Å². The second-order valence-electron chi connectivity index (χ2n) is 10.2. The first-order chi connectivity index (χ1) is 18.2. The van der Waals surface area contributed by atoms with Crippen molar-refractivity contribution in [2.45, 2.75) is 76.3 Å². The molecule has 1 atom stereocenters. The Hall–Kier alpha value is -3.40. The summed E-state index contributed by atoms with van der Waals surface area (Å²) >= 11 is 0. The first-order valence-electron chi connectivity index (χ1n) is 13.9. The molecule has 4 heteroatoms. The standard InChI is InChI=1S/C33H40N2O2/c1-2-31(33(37)34-29-21-13-6-14-22-29)35(24-23-26-15-7-3-8-16-26)32(36)25-30(27-17-9-4-10-18-27)28-19-11-5-12-20-28/h3-5,7-12,15-20,29-31H,2,6,13-14,21-25H2,1H3,(H,34,37). The normalized spacial score (nSPS) is 14.8. The lowest BCUT2D eigenvalue weighted by atomic mass is 9.88. The third kappa shape index (κ3) is 7.55. The molecule has 0 saturated heterocycles. The van der Waals surface area contributed by atoms with Crippen molar-refractivity contribution in [3.8, 4) is 0 Å². The Morgan fingerprint density at radius 3 is 1.89 bits per heavy atom. The van der Waals surface area contributed by atoms with E-state index < -0.39 is 6.04 Å². The van der Waals surface area contributed by atoms with Crippen LogP contribution in [0.1, 0.15) is 74.5 Å². The van der Waals surface area contributed by atoms with Gasteiger partial charge in [0, 0.05) is 24.9 Å². The summed E-state index contributed by atoms with van der Waals surface area (Å²) in [6.07, 6.45) is 7.28. The fourth-order valence-corrected chi connectivity index (χ4v) is 5.53. The maximum absolute atomic E-state index is 14.1. The molecule has 4 rings (SSSR count). The van der Waals surface area contributed by atoms with Crippen LogP contribution in [0.4, 0.5) is 0 Å². The number of carbonyl (C=O) groups excluding carboxylic acids is 2. The number of benzene rings is 3. The van der Waals surface area contributed by atoms with Crippen LogP contribution in [0.2, 0.25) is 0 Å². The molecule has 1 fully saturated rings. The first kappa shape index (κ1) is 26.7. The zero-order valence-electron chi connectivity index (χ0n) is 22.0. The van der Waals surface area contributed by atoms with E-state index in [9.17, 15) is 9.59 Å². The summed E-state index contributed by atoms with van der Waals surface area (Å²) in [4.78, 5) is 29.4. The zero-order chi connectivity index (χ0) is 25.9. The smallest absolute Gasteiger partial charge is 0.243 e. The van der Waals surface area contributed by atoms with Crippen LogP contribution in [0.15, 0.2) is 91.0 Å². The summed E-state index contributed by atoms with van der Waals surface area (Å²) in [6.45, 7) is 2.54. The van der Waals surface area contributed by atoms with Crippen LogP contribution >= 0.6 is 0 Å². The van der Waals surface area contributed by atoms with E-state index in [0.29, 0.717) is 19.4 Å². The van der Waals surface area contributed by atoms with E-state index >= 15 is 0 Å². The molecule has 37 heavy (non-hydrogen) atoms. The number of hydrogen-bond donors (Lipinski definition) is 1. The van der Waals surface area contributed by atoms with E-state index in [-0.39, 0.29) is 23.8 Å². The van der Waals surface area contributed by atoms with Crippen molar-refractivity contribution in [3.05, 3.63) is 108 Å². The van der Waals surface area contributed by atoms with Gasteiger partial charge in [0.2, 0.25) is 11.8 Å². The minimum Gasteiger partial charge on any atom is -0.352 e. The molecule has 0 spiro atoms. The predicted octanol–water partition coefficient (Wildman–Crippen LogP) is 6.51. The maximum Gasteiger partial charge on any atom is 0.243 e. The molecular weight excluding hydrogens is 456 g/mol. The van der Waals surface area contributed by atoms with Crippen molar-refractivity contribution in [1.29, 1.82) is 0 Å². The monoisotopic (exact) mass is 496 g/mol. The van der Waals surface area contributed by atoms with Crippen LogP contribution < -0.4 is 5.32 Å².